The Hall–Kier alpha value is -1.28. The van der Waals surface area contributed by atoms with Gasteiger partial charge in [0, 0.05) is 19.7 Å². The summed E-state index contributed by atoms with van der Waals surface area (Å²) in [5.41, 5.74) is 0. The molecule has 0 saturated carbocycles. The second kappa shape index (κ2) is 7.22. The molecular formula is C13H22N2O3. The number of hydrogen-bond donors (Lipinski definition) is 0. The van der Waals surface area contributed by atoms with Crippen molar-refractivity contribution < 1.29 is 14.3 Å². The number of nitriles is 1. The molecular weight excluding hydrogens is 232 g/mol. The lowest BCUT2D eigenvalue weighted by Gasteiger charge is -2.18. The molecule has 5 nitrogen and oxygen atoms in total. The van der Waals surface area contributed by atoms with Crippen molar-refractivity contribution in [1.29, 1.82) is 5.26 Å². The second-order valence-corrected chi connectivity index (χ2v) is 4.96. The lowest BCUT2D eigenvalue weighted by molar-refractivity contribution is 0.0779. The van der Waals surface area contributed by atoms with Gasteiger partial charge in [0.05, 0.1) is 12.2 Å². The first kappa shape index (κ1) is 14.8. The molecule has 1 aliphatic heterocycles. The normalized spacial score (nSPS) is 20.8. The van der Waals surface area contributed by atoms with Gasteiger partial charge in [-0.2, -0.15) is 5.26 Å². The quantitative estimate of drug-likeness (QED) is 0.754. The number of nitrogens with zero attached hydrogens (tertiary/aromatic N) is 2. The van der Waals surface area contributed by atoms with E-state index < -0.39 is 0 Å². The van der Waals surface area contributed by atoms with E-state index in [0.29, 0.717) is 12.5 Å². The summed E-state index contributed by atoms with van der Waals surface area (Å²) in [6.07, 6.45) is 1.22. The molecule has 0 aliphatic carbocycles. The number of ether oxygens (including phenoxy) is 2. The van der Waals surface area contributed by atoms with E-state index >= 15 is 0 Å². The molecule has 0 aromatic heterocycles. The van der Waals surface area contributed by atoms with Crippen LogP contribution in [-0.4, -0.2) is 42.9 Å². The van der Waals surface area contributed by atoms with E-state index in [1.54, 1.807) is 11.8 Å². The predicted octanol–water partition coefficient (Wildman–Crippen LogP) is 2.17. The average molecular weight is 254 g/mol. The highest BCUT2D eigenvalue weighted by atomic mass is 16.6. The molecule has 102 valence electrons. The Morgan fingerprint density at radius 1 is 1.50 bits per heavy atom. The Morgan fingerprint density at radius 2 is 2.22 bits per heavy atom. The molecule has 5 heteroatoms. The van der Waals surface area contributed by atoms with E-state index in [0.717, 1.165) is 25.9 Å². The topological polar surface area (TPSA) is 62.6 Å². The zero-order valence-corrected chi connectivity index (χ0v) is 11.4. The largest absolute Gasteiger partial charge is 0.447 e. The lowest BCUT2D eigenvalue weighted by Crippen LogP contribution is -2.31. The van der Waals surface area contributed by atoms with Gasteiger partial charge in [-0.3, -0.25) is 0 Å². The van der Waals surface area contributed by atoms with Crippen LogP contribution in [0.2, 0.25) is 0 Å². The minimum Gasteiger partial charge on any atom is -0.447 e. The molecule has 1 fully saturated rings. The van der Waals surface area contributed by atoms with Crippen LogP contribution < -0.4 is 0 Å². The van der Waals surface area contributed by atoms with E-state index in [1.165, 1.54) is 0 Å². The third-order valence-corrected chi connectivity index (χ3v) is 2.96. The van der Waals surface area contributed by atoms with Crippen molar-refractivity contribution >= 4 is 6.09 Å². The molecule has 1 saturated heterocycles. The summed E-state index contributed by atoms with van der Waals surface area (Å²) in [6, 6.07) is 2.03. The molecule has 1 rings (SSSR count). The van der Waals surface area contributed by atoms with Crippen molar-refractivity contribution in [1.82, 2.24) is 4.90 Å². The highest BCUT2D eigenvalue weighted by molar-refractivity contribution is 5.68. The molecule has 0 N–H and O–H groups in total. The number of carbonyl (C=O) groups is 1. The van der Waals surface area contributed by atoms with Gasteiger partial charge in [-0.25, -0.2) is 4.79 Å². The third kappa shape index (κ3) is 4.92. The van der Waals surface area contributed by atoms with Crippen molar-refractivity contribution in [2.75, 3.05) is 19.7 Å². The summed E-state index contributed by atoms with van der Waals surface area (Å²) in [5.74, 6) is 0.454. The van der Waals surface area contributed by atoms with Crippen LogP contribution in [-0.2, 0) is 9.47 Å². The van der Waals surface area contributed by atoms with Crippen molar-refractivity contribution in [2.24, 2.45) is 5.92 Å². The maximum absolute atomic E-state index is 11.7. The van der Waals surface area contributed by atoms with Crippen LogP contribution in [0.5, 0.6) is 0 Å². The van der Waals surface area contributed by atoms with Crippen molar-refractivity contribution in [3.63, 3.8) is 0 Å². The minimum atomic E-state index is -0.353. The number of rotatable bonds is 5. The van der Waals surface area contributed by atoms with Gasteiger partial charge < -0.3 is 14.4 Å². The molecule has 1 aliphatic rings. The van der Waals surface area contributed by atoms with E-state index in [4.69, 9.17) is 14.7 Å². The first-order valence-electron chi connectivity index (χ1n) is 6.49. The Balaban J connectivity index is 2.21. The Labute approximate surface area is 109 Å². The number of likely N-dealkylation sites (tertiary alicyclic amines) is 1. The van der Waals surface area contributed by atoms with E-state index in [2.05, 4.69) is 0 Å². The summed E-state index contributed by atoms with van der Waals surface area (Å²) in [7, 11) is 0. The molecule has 1 heterocycles. The van der Waals surface area contributed by atoms with Gasteiger partial charge in [-0.15, -0.1) is 0 Å². The van der Waals surface area contributed by atoms with Gasteiger partial charge in [0.1, 0.15) is 6.10 Å². The molecule has 0 spiro atoms. The Bertz CT molecular complexity index is 312. The summed E-state index contributed by atoms with van der Waals surface area (Å²) in [6.45, 7) is 7.50. The maximum Gasteiger partial charge on any atom is 0.410 e. The molecule has 1 amide bonds. The van der Waals surface area contributed by atoms with Gasteiger partial charge in [0.15, 0.2) is 0 Å². The first-order chi connectivity index (χ1) is 8.52. The smallest absolute Gasteiger partial charge is 0.410 e. The molecule has 18 heavy (non-hydrogen) atoms. The second-order valence-electron chi connectivity index (χ2n) is 4.96. The molecule has 0 aromatic carbocycles. The van der Waals surface area contributed by atoms with Crippen LogP contribution >= 0.6 is 0 Å². The van der Waals surface area contributed by atoms with Gasteiger partial charge in [-0.1, -0.05) is 0 Å². The van der Waals surface area contributed by atoms with Gasteiger partial charge in [-0.05, 0) is 39.5 Å². The van der Waals surface area contributed by atoms with Crippen molar-refractivity contribution in [3.05, 3.63) is 0 Å². The third-order valence-electron chi connectivity index (χ3n) is 2.96. The van der Waals surface area contributed by atoms with Crippen molar-refractivity contribution in [2.45, 2.75) is 45.8 Å². The zero-order valence-electron chi connectivity index (χ0n) is 11.4. The van der Waals surface area contributed by atoms with Crippen LogP contribution in [0, 0.1) is 17.2 Å². The van der Waals surface area contributed by atoms with Crippen LogP contribution in [0.15, 0.2) is 0 Å². The zero-order chi connectivity index (χ0) is 13.5. The summed E-state index contributed by atoms with van der Waals surface area (Å²) in [5, 5.41) is 8.58. The number of amides is 1. The molecule has 0 bridgehead atoms. The summed E-state index contributed by atoms with van der Waals surface area (Å²) in [4.78, 5) is 13.4. The Kier molecular flexibility index (Phi) is 5.93. The van der Waals surface area contributed by atoms with Gasteiger partial charge in [0.2, 0.25) is 0 Å². The molecule has 2 unspecified atom stereocenters. The monoisotopic (exact) mass is 254 g/mol. The lowest BCUT2D eigenvalue weighted by atomic mass is 10.1. The van der Waals surface area contributed by atoms with E-state index in [1.807, 2.05) is 19.9 Å². The minimum absolute atomic E-state index is 0.0728. The SMILES string of the molecule is CC(C)OC(=O)N1CCC(CCOC(C)C#N)C1. The van der Waals surface area contributed by atoms with Gasteiger partial charge >= 0.3 is 6.09 Å². The van der Waals surface area contributed by atoms with Crippen molar-refractivity contribution in [3.8, 4) is 6.07 Å². The highest BCUT2D eigenvalue weighted by Crippen LogP contribution is 2.20. The number of carbonyl (C=O) groups excluding carboxylic acids is 1. The predicted molar refractivity (Wildman–Crippen MR) is 66.9 cm³/mol. The van der Waals surface area contributed by atoms with Gasteiger partial charge in [0.25, 0.3) is 0 Å². The average Bonchev–Trinajstić information content (AvgIpc) is 2.76. The van der Waals surface area contributed by atoms with Crippen LogP contribution in [0.1, 0.15) is 33.6 Å². The Morgan fingerprint density at radius 3 is 2.83 bits per heavy atom. The fourth-order valence-electron chi connectivity index (χ4n) is 1.96. The summed E-state index contributed by atoms with van der Waals surface area (Å²) >= 11 is 0. The number of hydrogen-bond acceptors (Lipinski definition) is 4. The van der Waals surface area contributed by atoms with Crippen LogP contribution in [0.3, 0.4) is 0 Å². The fourth-order valence-corrected chi connectivity index (χ4v) is 1.96. The van der Waals surface area contributed by atoms with E-state index in [9.17, 15) is 4.79 Å². The molecule has 0 radical (unpaired) electrons. The highest BCUT2D eigenvalue weighted by Gasteiger charge is 2.27. The van der Waals surface area contributed by atoms with Crippen LogP contribution in [0.4, 0.5) is 4.79 Å². The summed E-state index contributed by atoms with van der Waals surface area (Å²) < 4.78 is 10.5. The van der Waals surface area contributed by atoms with E-state index in [-0.39, 0.29) is 18.3 Å². The molecule has 0 aromatic rings. The van der Waals surface area contributed by atoms with Crippen LogP contribution in [0.25, 0.3) is 0 Å². The standard InChI is InChI=1S/C13H22N2O3/c1-10(2)18-13(16)15-6-4-12(9-15)5-7-17-11(3)8-14/h10-12H,4-7,9H2,1-3H3. The first-order valence-corrected chi connectivity index (χ1v) is 6.49. The molecule has 2 atom stereocenters. The maximum atomic E-state index is 11.7. The fraction of sp³-hybridized carbons (Fsp3) is 0.846.